The molecule has 3 aromatic rings. The lowest BCUT2D eigenvalue weighted by molar-refractivity contribution is 0.0834. The molecule has 4 heterocycles. The molecule has 0 radical (unpaired) electrons. The number of hydrogen-bond acceptors (Lipinski definition) is 6. The third kappa shape index (κ3) is 4.07. The van der Waals surface area contributed by atoms with Crippen molar-refractivity contribution in [2.75, 3.05) is 35.2 Å². The fraction of sp³-hybridized carbons (Fsp3) is 0.370. The number of nitrogen functional groups attached to an aromatic ring is 1. The molecule has 1 aromatic carbocycles. The van der Waals surface area contributed by atoms with E-state index in [0.717, 1.165) is 50.9 Å². The van der Waals surface area contributed by atoms with Gasteiger partial charge in [-0.25, -0.2) is 9.37 Å². The summed E-state index contributed by atoms with van der Waals surface area (Å²) in [4.78, 5) is 26.1. The topological polar surface area (TPSA) is 80.3 Å². The van der Waals surface area contributed by atoms with Gasteiger partial charge in [0.2, 0.25) is 11.9 Å². The molecule has 1 aliphatic carbocycles. The molecule has 7 nitrogen and oxygen atoms in total. The molecule has 6 rings (SSSR count). The third-order valence-corrected chi connectivity index (χ3v) is 7.79. The largest absolute Gasteiger partial charge is 0.381 e. The average Bonchev–Trinajstić information content (AvgIpc) is 3.61. The second-order valence-electron chi connectivity index (χ2n) is 9.95. The molecule has 0 amide bonds. The summed E-state index contributed by atoms with van der Waals surface area (Å²) in [6, 6.07) is 14.6. The lowest BCUT2D eigenvalue weighted by Gasteiger charge is -2.30. The van der Waals surface area contributed by atoms with Crippen LogP contribution in [0.25, 0.3) is 0 Å². The van der Waals surface area contributed by atoms with Gasteiger partial charge in [-0.05, 0) is 48.8 Å². The first-order valence-corrected chi connectivity index (χ1v) is 12.3. The molecule has 2 fully saturated rings. The maximum Gasteiger partial charge on any atom is 0.235 e. The van der Waals surface area contributed by atoms with Crippen molar-refractivity contribution in [1.29, 1.82) is 0 Å². The molecule has 2 N–H and O–H groups in total. The van der Waals surface area contributed by atoms with Gasteiger partial charge in [0.25, 0.3) is 0 Å². The molecule has 35 heavy (non-hydrogen) atoms. The number of hydrogen-bond donors (Lipinski definition) is 1. The highest BCUT2D eigenvalue weighted by Crippen LogP contribution is 2.43. The Kier molecular flexibility index (Phi) is 5.51. The lowest BCUT2D eigenvalue weighted by Crippen LogP contribution is -2.31. The zero-order valence-electron chi connectivity index (χ0n) is 19.5. The van der Waals surface area contributed by atoms with E-state index < -0.39 is 5.82 Å². The summed E-state index contributed by atoms with van der Waals surface area (Å²) in [5, 5.41) is 0. The van der Waals surface area contributed by atoms with Crippen LogP contribution in [0.5, 0.6) is 0 Å². The second-order valence-corrected chi connectivity index (χ2v) is 9.95. The van der Waals surface area contributed by atoms with E-state index in [4.69, 9.17) is 5.73 Å². The standard InChI is InChI=1S/C27H29FN6O/c28-23-14-30-27(31-25(23)29)33-16-21-12-20(13-22(21)17-33)26(35)34-11-5-9-24(34)32-10-4-8-19(15-32)18-6-2-1-3-7-18/h1-7,9-11,14,19-22H,8,12-13,15-17H2,(H2,29,30,31). The summed E-state index contributed by atoms with van der Waals surface area (Å²) in [5.74, 6) is 2.05. The Bertz CT molecular complexity index is 1240. The first-order valence-electron chi connectivity index (χ1n) is 12.3. The number of benzene rings is 1. The van der Waals surface area contributed by atoms with Crippen LogP contribution in [0.2, 0.25) is 0 Å². The minimum Gasteiger partial charge on any atom is -0.381 e. The molecule has 3 unspecified atom stereocenters. The number of halogens is 1. The van der Waals surface area contributed by atoms with Crippen LogP contribution in [0.3, 0.4) is 0 Å². The van der Waals surface area contributed by atoms with E-state index in [1.165, 1.54) is 5.56 Å². The van der Waals surface area contributed by atoms with Crippen LogP contribution in [-0.4, -0.2) is 40.1 Å². The summed E-state index contributed by atoms with van der Waals surface area (Å²) >= 11 is 0. The van der Waals surface area contributed by atoms with Gasteiger partial charge in [-0.15, -0.1) is 0 Å². The van der Waals surface area contributed by atoms with Gasteiger partial charge >= 0.3 is 0 Å². The van der Waals surface area contributed by atoms with Crippen LogP contribution in [-0.2, 0) is 0 Å². The quantitative estimate of drug-likeness (QED) is 0.610. The molecule has 3 atom stereocenters. The second kappa shape index (κ2) is 8.83. The Morgan fingerprint density at radius 2 is 1.80 bits per heavy atom. The van der Waals surface area contributed by atoms with E-state index in [1.807, 2.05) is 29.0 Å². The smallest absolute Gasteiger partial charge is 0.235 e. The van der Waals surface area contributed by atoms with E-state index in [1.54, 1.807) is 0 Å². The minimum atomic E-state index is -0.597. The van der Waals surface area contributed by atoms with Crippen LogP contribution in [0.4, 0.5) is 22.0 Å². The minimum absolute atomic E-state index is 0.00352. The summed E-state index contributed by atoms with van der Waals surface area (Å²) < 4.78 is 15.3. The fourth-order valence-corrected chi connectivity index (χ4v) is 6.04. The molecule has 1 saturated carbocycles. The fourth-order valence-electron chi connectivity index (χ4n) is 6.04. The van der Waals surface area contributed by atoms with Crippen molar-refractivity contribution in [3.8, 4) is 0 Å². The number of rotatable bonds is 4. The first-order chi connectivity index (χ1) is 17.1. The highest BCUT2D eigenvalue weighted by atomic mass is 19.1. The van der Waals surface area contributed by atoms with Crippen molar-refractivity contribution in [1.82, 2.24) is 14.5 Å². The first kappa shape index (κ1) is 21.8. The van der Waals surface area contributed by atoms with E-state index in [9.17, 15) is 9.18 Å². The summed E-state index contributed by atoms with van der Waals surface area (Å²) in [6.45, 7) is 2.39. The van der Waals surface area contributed by atoms with Crippen molar-refractivity contribution >= 4 is 23.5 Å². The van der Waals surface area contributed by atoms with Crippen LogP contribution in [0.1, 0.15) is 35.5 Å². The third-order valence-electron chi connectivity index (χ3n) is 7.79. The molecule has 0 spiro atoms. The Morgan fingerprint density at radius 1 is 1.03 bits per heavy atom. The maximum atomic E-state index is 13.6. The van der Waals surface area contributed by atoms with Crippen molar-refractivity contribution in [2.45, 2.75) is 25.2 Å². The average molecular weight is 473 g/mol. The van der Waals surface area contributed by atoms with Crippen LogP contribution < -0.4 is 15.5 Å². The zero-order chi connectivity index (χ0) is 23.9. The number of anilines is 3. The number of carbonyl (C=O) groups is 1. The number of aromatic nitrogens is 3. The van der Waals surface area contributed by atoms with Gasteiger partial charge in [0.05, 0.1) is 6.20 Å². The van der Waals surface area contributed by atoms with Crippen molar-refractivity contribution in [3.63, 3.8) is 0 Å². The van der Waals surface area contributed by atoms with Gasteiger partial charge in [0.1, 0.15) is 5.82 Å². The number of nitrogens with zero attached hydrogens (tertiary/aromatic N) is 5. The summed E-state index contributed by atoms with van der Waals surface area (Å²) in [6.07, 6.45) is 10.0. The monoisotopic (exact) mass is 472 g/mol. The number of fused-ring (bicyclic) bond motifs is 1. The van der Waals surface area contributed by atoms with Gasteiger partial charge in [0, 0.05) is 43.9 Å². The van der Waals surface area contributed by atoms with Gasteiger partial charge in [-0.1, -0.05) is 36.4 Å². The van der Waals surface area contributed by atoms with Gasteiger partial charge in [0.15, 0.2) is 11.6 Å². The molecule has 1 saturated heterocycles. The predicted octanol–water partition coefficient (Wildman–Crippen LogP) is 4.31. The molecule has 8 heteroatoms. The number of allylic oxidation sites excluding steroid dienone is 1. The Labute approximate surface area is 204 Å². The zero-order valence-corrected chi connectivity index (χ0v) is 19.5. The van der Waals surface area contributed by atoms with Gasteiger partial charge < -0.3 is 15.5 Å². The predicted molar refractivity (Wildman–Crippen MR) is 134 cm³/mol. The molecule has 2 aliphatic heterocycles. The maximum absolute atomic E-state index is 13.6. The normalized spacial score (nSPS) is 25.7. The molecule has 2 aromatic heterocycles. The molecule has 0 bridgehead atoms. The molecular weight excluding hydrogens is 443 g/mol. The van der Waals surface area contributed by atoms with Crippen LogP contribution in [0.15, 0.2) is 67.1 Å². The van der Waals surface area contributed by atoms with E-state index in [2.05, 4.69) is 56.3 Å². The Morgan fingerprint density at radius 3 is 2.54 bits per heavy atom. The van der Waals surface area contributed by atoms with Crippen LogP contribution in [0, 0.1) is 23.6 Å². The van der Waals surface area contributed by atoms with E-state index in [-0.39, 0.29) is 17.6 Å². The number of carbonyl (C=O) groups excluding carboxylic acids is 1. The molecule has 3 aliphatic rings. The SMILES string of the molecule is Nc1nc(N2CC3CC(C(=O)n4cccc4N4C=CCC(c5ccccc5)C4)CC3C2)ncc1F. The molecular formula is C27H29FN6O. The van der Waals surface area contributed by atoms with E-state index >= 15 is 0 Å². The summed E-state index contributed by atoms with van der Waals surface area (Å²) in [7, 11) is 0. The van der Waals surface area contributed by atoms with Crippen molar-refractivity contribution < 1.29 is 9.18 Å². The highest BCUT2D eigenvalue weighted by Gasteiger charge is 2.44. The van der Waals surface area contributed by atoms with Gasteiger partial charge in [-0.3, -0.25) is 9.36 Å². The van der Waals surface area contributed by atoms with E-state index in [0.29, 0.717) is 23.7 Å². The van der Waals surface area contributed by atoms with Gasteiger partial charge in [-0.2, -0.15) is 4.98 Å². The van der Waals surface area contributed by atoms with Crippen molar-refractivity contribution in [3.05, 3.63) is 78.5 Å². The number of nitrogens with two attached hydrogens (primary N) is 1. The highest BCUT2D eigenvalue weighted by molar-refractivity contribution is 5.85. The van der Waals surface area contributed by atoms with Crippen LogP contribution >= 0.6 is 0 Å². The Hall–Kier alpha value is -3.68. The lowest BCUT2D eigenvalue weighted by atomic mass is 9.93. The summed E-state index contributed by atoms with van der Waals surface area (Å²) in [5.41, 5.74) is 6.95. The molecule has 180 valence electrons. The van der Waals surface area contributed by atoms with Crippen molar-refractivity contribution in [2.24, 2.45) is 17.8 Å². The Balaban J connectivity index is 1.13.